The third kappa shape index (κ3) is 2.68. The number of nitrogens with zero attached hydrogens (tertiary/aromatic N) is 1. The van der Waals surface area contributed by atoms with Gasteiger partial charge in [0.05, 0.1) is 5.92 Å². The predicted octanol–water partition coefficient (Wildman–Crippen LogP) is 1.23. The molecule has 2 N–H and O–H groups in total. The van der Waals surface area contributed by atoms with Crippen molar-refractivity contribution in [1.82, 2.24) is 10.2 Å². The number of aliphatic carboxylic acids is 1. The van der Waals surface area contributed by atoms with E-state index >= 15 is 0 Å². The summed E-state index contributed by atoms with van der Waals surface area (Å²) < 4.78 is 0. The average molecular weight is 280 g/mol. The summed E-state index contributed by atoms with van der Waals surface area (Å²) in [5.41, 5.74) is 0. The fraction of sp³-hybridized carbons (Fsp3) is 0.867. The quantitative estimate of drug-likeness (QED) is 0.816. The minimum Gasteiger partial charge on any atom is -0.481 e. The lowest BCUT2D eigenvalue weighted by Gasteiger charge is -2.32. The molecule has 0 spiro atoms. The van der Waals surface area contributed by atoms with E-state index in [1.165, 1.54) is 25.8 Å². The highest BCUT2D eigenvalue weighted by atomic mass is 16.4. The van der Waals surface area contributed by atoms with Gasteiger partial charge in [0.15, 0.2) is 0 Å². The van der Waals surface area contributed by atoms with E-state index < -0.39 is 5.97 Å². The molecule has 112 valence electrons. The van der Waals surface area contributed by atoms with Crippen LogP contribution in [0.4, 0.5) is 0 Å². The molecule has 0 radical (unpaired) electrons. The molecule has 1 amide bonds. The van der Waals surface area contributed by atoms with Crippen molar-refractivity contribution < 1.29 is 14.7 Å². The van der Waals surface area contributed by atoms with Crippen molar-refractivity contribution >= 4 is 11.9 Å². The van der Waals surface area contributed by atoms with Gasteiger partial charge in [-0.3, -0.25) is 14.5 Å². The van der Waals surface area contributed by atoms with Gasteiger partial charge in [-0.1, -0.05) is 6.42 Å². The topological polar surface area (TPSA) is 69.6 Å². The van der Waals surface area contributed by atoms with Crippen LogP contribution in [0, 0.1) is 11.8 Å². The first kappa shape index (κ1) is 13.9. The second-order valence-electron chi connectivity index (χ2n) is 6.55. The summed E-state index contributed by atoms with van der Waals surface area (Å²) in [5.74, 6) is -1.07. The fourth-order valence-electron chi connectivity index (χ4n) is 4.16. The molecule has 2 heterocycles. The van der Waals surface area contributed by atoms with E-state index in [2.05, 4.69) is 10.2 Å². The Morgan fingerprint density at radius 2 is 1.80 bits per heavy atom. The molecule has 1 aliphatic carbocycles. The Hall–Kier alpha value is -1.10. The predicted molar refractivity (Wildman–Crippen MR) is 74.2 cm³/mol. The van der Waals surface area contributed by atoms with Crippen LogP contribution in [0.5, 0.6) is 0 Å². The Bertz CT molecular complexity index is 399. The Balaban J connectivity index is 1.53. The maximum atomic E-state index is 12.3. The molecular formula is C15H24N2O3. The van der Waals surface area contributed by atoms with Crippen molar-refractivity contribution in [2.24, 2.45) is 11.8 Å². The number of carbonyl (C=O) groups is 2. The van der Waals surface area contributed by atoms with Crippen LogP contribution in [0.3, 0.4) is 0 Å². The smallest absolute Gasteiger partial charge is 0.306 e. The SMILES string of the molecule is O=C(O)[C@H]1CC[C@@H](C(=O)NC2CCN3CCCCC23)C1. The lowest BCUT2D eigenvalue weighted by Crippen LogP contribution is -2.48. The minimum atomic E-state index is -0.750. The monoisotopic (exact) mass is 280 g/mol. The molecule has 5 nitrogen and oxygen atoms in total. The zero-order valence-corrected chi connectivity index (χ0v) is 11.9. The van der Waals surface area contributed by atoms with E-state index in [4.69, 9.17) is 5.11 Å². The van der Waals surface area contributed by atoms with Gasteiger partial charge >= 0.3 is 5.97 Å². The van der Waals surface area contributed by atoms with Crippen LogP contribution in [-0.4, -0.2) is 47.1 Å². The first-order chi connectivity index (χ1) is 9.65. The molecule has 0 bridgehead atoms. The summed E-state index contributed by atoms with van der Waals surface area (Å²) in [6.07, 6.45) is 6.66. The Morgan fingerprint density at radius 1 is 1.00 bits per heavy atom. The van der Waals surface area contributed by atoms with Crippen molar-refractivity contribution in [1.29, 1.82) is 0 Å². The van der Waals surface area contributed by atoms with Crippen LogP contribution in [0.15, 0.2) is 0 Å². The van der Waals surface area contributed by atoms with Crippen LogP contribution in [0.1, 0.15) is 44.9 Å². The molecule has 2 unspecified atom stereocenters. The number of hydrogen-bond acceptors (Lipinski definition) is 3. The summed E-state index contributed by atoms with van der Waals surface area (Å²) in [6.45, 7) is 2.26. The number of carboxylic acid groups (broad SMARTS) is 1. The van der Waals surface area contributed by atoms with Gasteiger partial charge in [0.25, 0.3) is 0 Å². The van der Waals surface area contributed by atoms with E-state index in [-0.39, 0.29) is 23.8 Å². The highest BCUT2D eigenvalue weighted by Gasteiger charge is 2.39. The van der Waals surface area contributed by atoms with Crippen LogP contribution in [0.2, 0.25) is 0 Å². The van der Waals surface area contributed by atoms with Gasteiger partial charge in [-0.05, 0) is 45.1 Å². The Labute approximate surface area is 119 Å². The molecule has 0 aromatic carbocycles. The number of nitrogens with one attached hydrogen (secondary N) is 1. The molecule has 3 rings (SSSR count). The summed E-state index contributed by atoms with van der Waals surface area (Å²) in [6, 6.07) is 0.802. The number of amides is 1. The van der Waals surface area contributed by atoms with E-state index in [1.807, 2.05) is 0 Å². The summed E-state index contributed by atoms with van der Waals surface area (Å²) in [5, 5.41) is 12.2. The largest absolute Gasteiger partial charge is 0.481 e. The third-order valence-corrected chi connectivity index (χ3v) is 5.34. The standard InChI is InChI=1S/C15H24N2O3/c18-14(10-4-5-11(9-10)15(19)20)16-12-6-8-17-7-2-1-3-13(12)17/h10-13H,1-9H2,(H,16,18)(H,19,20)/t10-,11+,12?,13?/m1/s1. The Kier molecular flexibility index (Phi) is 3.96. The number of piperidine rings is 1. The van der Waals surface area contributed by atoms with Crippen molar-refractivity contribution in [2.75, 3.05) is 13.1 Å². The molecule has 4 atom stereocenters. The maximum Gasteiger partial charge on any atom is 0.306 e. The lowest BCUT2D eigenvalue weighted by molar-refractivity contribution is -0.141. The van der Waals surface area contributed by atoms with Gasteiger partial charge in [-0.25, -0.2) is 0 Å². The zero-order valence-electron chi connectivity index (χ0n) is 11.9. The van der Waals surface area contributed by atoms with Crippen molar-refractivity contribution in [3.63, 3.8) is 0 Å². The molecule has 5 heteroatoms. The van der Waals surface area contributed by atoms with Gasteiger partial charge < -0.3 is 10.4 Å². The van der Waals surface area contributed by atoms with E-state index in [0.29, 0.717) is 18.9 Å². The number of carbonyl (C=O) groups excluding carboxylic acids is 1. The van der Waals surface area contributed by atoms with E-state index in [9.17, 15) is 9.59 Å². The average Bonchev–Trinajstić information content (AvgIpc) is 3.06. The number of hydrogen-bond donors (Lipinski definition) is 2. The second-order valence-corrected chi connectivity index (χ2v) is 6.55. The van der Waals surface area contributed by atoms with Gasteiger partial charge in [-0.2, -0.15) is 0 Å². The van der Waals surface area contributed by atoms with Gasteiger partial charge in [0, 0.05) is 24.5 Å². The fourth-order valence-corrected chi connectivity index (χ4v) is 4.16. The highest BCUT2D eigenvalue weighted by Crippen LogP contribution is 2.32. The van der Waals surface area contributed by atoms with Gasteiger partial charge in [0.1, 0.15) is 0 Å². The number of rotatable bonds is 3. The lowest BCUT2D eigenvalue weighted by atomic mass is 9.97. The molecule has 20 heavy (non-hydrogen) atoms. The molecule has 0 aromatic rings. The number of fused-ring (bicyclic) bond motifs is 1. The molecule has 3 aliphatic rings. The zero-order chi connectivity index (χ0) is 14.1. The molecule has 2 aliphatic heterocycles. The van der Waals surface area contributed by atoms with Crippen molar-refractivity contribution in [3.8, 4) is 0 Å². The second kappa shape index (κ2) is 5.72. The molecular weight excluding hydrogens is 256 g/mol. The molecule has 2 saturated heterocycles. The van der Waals surface area contributed by atoms with Crippen molar-refractivity contribution in [2.45, 2.75) is 57.0 Å². The van der Waals surface area contributed by atoms with Crippen molar-refractivity contribution in [3.05, 3.63) is 0 Å². The van der Waals surface area contributed by atoms with E-state index in [1.54, 1.807) is 0 Å². The summed E-state index contributed by atoms with van der Waals surface area (Å²) in [7, 11) is 0. The number of carboxylic acids is 1. The third-order valence-electron chi connectivity index (χ3n) is 5.34. The molecule has 0 aromatic heterocycles. The molecule has 3 fully saturated rings. The van der Waals surface area contributed by atoms with E-state index in [0.717, 1.165) is 19.4 Å². The van der Waals surface area contributed by atoms with Gasteiger partial charge in [-0.15, -0.1) is 0 Å². The summed E-state index contributed by atoms with van der Waals surface area (Å²) >= 11 is 0. The first-order valence-corrected chi connectivity index (χ1v) is 7.92. The van der Waals surface area contributed by atoms with Crippen LogP contribution in [-0.2, 0) is 9.59 Å². The highest BCUT2D eigenvalue weighted by molar-refractivity contribution is 5.81. The normalized spacial score (nSPS) is 37.6. The van der Waals surface area contributed by atoms with Crippen LogP contribution in [0.25, 0.3) is 0 Å². The minimum absolute atomic E-state index is 0.0890. The maximum absolute atomic E-state index is 12.3. The summed E-state index contributed by atoms with van der Waals surface area (Å²) in [4.78, 5) is 25.8. The van der Waals surface area contributed by atoms with Gasteiger partial charge in [0.2, 0.25) is 5.91 Å². The first-order valence-electron chi connectivity index (χ1n) is 7.92. The Morgan fingerprint density at radius 3 is 2.55 bits per heavy atom. The van der Waals surface area contributed by atoms with Crippen LogP contribution < -0.4 is 5.32 Å². The van der Waals surface area contributed by atoms with Crippen LogP contribution >= 0.6 is 0 Å². The molecule has 1 saturated carbocycles.